The number of aliphatic hydroxyl groups excluding tert-OH is 1. The Bertz CT molecular complexity index is 137. The third-order valence-corrected chi connectivity index (χ3v) is 1.56. The standard InChI is InChI=1S/C6H11NO3/c1-7-2-3-10-5(4-8)6(7)9/h5,8H,2-4H2,1H3/t5-/m1/s1. The Labute approximate surface area is 59.4 Å². The van der Waals surface area contributed by atoms with Gasteiger partial charge in [0.1, 0.15) is 0 Å². The lowest BCUT2D eigenvalue weighted by molar-refractivity contribution is -0.153. The minimum atomic E-state index is -0.626. The zero-order valence-corrected chi connectivity index (χ0v) is 5.91. The minimum absolute atomic E-state index is 0.131. The molecule has 0 spiro atoms. The van der Waals surface area contributed by atoms with Crippen molar-refractivity contribution in [3.8, 4) is 0 Å². The van der Waals surface area contributed by atoms with Gasteiger partial charge in [-0.15, -0.1) is 0 Å². The fourth-order valence-corrected chi connectivity index (χ4v) is 0.890. The Balaban J connectivity index is 2.51. The van der Waals surface area contributed by atoms with Gasteiger partial charge in [-0.05, 0) is 0 Å². The smallest absolute Gasteiger partial charge is 0.253 e. The molecule has 1 amide bonds. The quantitative estimate of drug-likeness (QED) is 0.506. The normalized spacial score (nSPS) is 27.2. The van der Waals surface area contributed by atoms with Crippen molar-refractivity contribution in [3.05, 3.63) is 0 Å². The van der Waals surface area contributed by atoms with Gasteiger partial charge in [0.2, 0.25) is 0 Å². The van der Waals surface area contributed by atoms with Crippen molar-refractivity contribution in [1.82, 2.24) is 4.90 Å². The molecule has 1 N–H and O–H groups in total. The predicted molar refractivity (Wildman–Crippen MR) is 34.5 cm³/mol. The molecule has 1 saturated heterocycles. The van der Waals surface area contributed by atoms with Crippen LogP contribution in [0.2, 0.25) is 0 Å². The SMILES string of the molecule is CN1CCO[C@H](CO)C1=O. The van der Waals surface area contributed by atoms with Crippen molar-refractivity contribution in [3.63, 3.8) is 0 Å². The van der Waals surface area contributed by atoms with Crippen LogP contribution in [0.15, 0.2) is 0 Å². The molecular weight excluding hydrogens is 134 g/mol. The van der Waals surface area contributed by atoms with Gasteiger partial charge in [0.15, 0.2) is 6.10 Å². The fourth-order valence-electron chi connectivity index (χ4n) is 0.890. The second kappa shape index (κ2) is 2.98. The number of likely N-dealkylation sites (N-methyl/N-ethyl adjacent to an activating group) is 1. The first-order valence-corrected chi connectivity index (χ1v) is 3.23. The van der Waals surface area contributed by atoms with Crippen LogP contribution in [0.1, 0.15) is 0 Å². The van der Waals surface area contributed by atoms with Gasteiger partial charge in [0, 0.05) is 13.6 Å². The van der Waals surface area contributed by atoms with Crippen LogP contribution in [0, 0.1) is 0 Å². The molecule has 0 aliphatic carbocycles. The Morgan fingerprint density at radius 3 is 3.10 bits per heavy atom. The van der Waals surface area contributed by atoms with E-state index >= 15 is 0 Å². The predicted octanol–water partition coefficient (Wildman–Crippen LogP) is -1.16. The third-order valence-electron chi connectivity index (χ3n) is 1.56. The van der Waals surface area contributed by atoms with Crippen LogP contribution in [0.4, 0.5) is 0 Å². The Morgan fingerprint density at radius 2 is 2.60 bits per heavy atom. The first-order valence-electron chi connectivity index (χ1n) is 3.23. The lowest BCUT2D eigenvalue weighted by atomic mass is 10.3. The van der Waals surface area contributed by atoms with Crippen LogP contribution in [0.5, 0.6) is 0 Å². The fraction of sp³-hybridized carbons (Fsp3) is 0.833. The van der Waals surface area contributed by atoms with Crippen LogP contribution < -0.4 is 0 Å². The average Bonchev–Trinajstić information content (AvgIpc) is 1.95. The highest BCUT2D eigenvalue weighted by molar-refractivity contribution is 5.81. The van der Waals surface area contributed by atoms with Crippen LogP contribution in [0.3, 0.4) is 0 Å². The van der Waals surface area contributed by atoms with Crippen LogP contribution in [-0.4, -0.2) is 48.8 Å². The van der Waals surface area contributed by atoms with Crippen molar-refractivity contribution in [2.75, 3.05) is 26.8 Å². The molecule has 1 aliphatic heterocycles. The third kappa shape index (κ3) is 1.27. The molecule has 0 saturated carbocycles. The average molecular weight is 145 g/mol. The summed E-state index contributed by atoms with van der Waals surface area (Å²) in [4.78, 5) is 12.6. The van der Waals surface area contributed by atoms with Gasteiger partial charge in [-0.2, -0.15) is 0 Å². The minimum Gasteiger partial charge on any atom is -0.393 e. The molecule has 4 heteroatoms. The molecule has 1 atom stereocenters. The summed E-state index contributed by atoms with van der Waals surface area (Å²) in [6.07, 6.45) is -0.626. The first-order chi connectivity index (χ1) is 4.75. The summed E-state index contributed by atoms with van der Waals surface area (Å²) < 4.78 is 4.97. The maximum absolute atomic E-state index is 11.0. The van der Waals surface area contributed by atoms with Crippen LogP contribution >= 0.6 is 0 Å². The van der Waals surface area contributed by atoms with E-state index < -0.39 is 6.10 Å². The zero-order chi connectivity index (χ0) is 7.56. The van der Waals surface area contributed by atoms with E-state index in [9.17, 15) is 4.79 Å². The number of hydrogen-bond acceptors (Lipinski definition) is 3. The number of morpholine rings is 1. The van der Waals surface area contributed by atoms with E-state index in [0.717, 1.165) is 0 Å². The summed E-state index contributed by atoms with van der Waals surface area (Å²) in [5.41, 5.74) is 0. The summed E-state index contributed by atoms with van der Waals surface area (Å²) >= 11 is 0. The van der Waals surface area contributed by atoms with Crippen molar-refractivity contribution >= 4 is 5.91 Å². The van der Waals surface area contributed by atoms with Gasteiger partial charge in [-0.1, -0.05) is 0 Å². The lowest BCUT2D eigenvalue weighted by Gasteiger charge is -2.28. The van der Waals surface area contributed by atoms with E-state index in [4.69, 9.17) is 9.84 Å². The Hall–Kier alpha value is -0.610. The molecule has 10 heavy (non-hydrogen) atoms. The first kappa shape index (κ1) is 7.50. The molecular formula is C6H11NO3. The molecule has 1 aliphatic rings. The number of carbonyl (C=O) groups excluding carboxylic acids is 1. The van der Waals surface area contributed by atoms with Gasteiger partial charge in [-0.3, -0.25) is 4.79 Å². The van der Waals surface area contributed by atoms with Crippen molar-refractivity contribution in [1.29, 1.82) is 0 Å². The number of nitrogens with zero attached hydrogens (tertiary/aromatic N) is 1. The summed E-state index contributed by atoms with van der Waals surface area (Å²) in [7, 11) is 1.70. The highest BCUT2D eigenvalue weighted by Gasteiger charge is 2.25. The monoisotopic (exact) mass is 145 g/mol. The number of carbonyl (C=O) groups is 1. The van der Waals surface area contributed by atoms with Crippen molar-refractivity contribution in [2.45, 2.75) is 6.10 Å². The van der Waals surface area contributed by atoms with Crippen LogP contribution in [0.25, 0.3) is 0 Å². The number of ether oxygens (including phenoxy) is 1. The van der Waals surface area contributed by atoms with Gasteiger partial charge in [-0.25, -0.2) is 0 Å². The molecule has 0 aromatic heterocycles. The van der Waals surface area contributed by atoms with Gasteiger partial charge in [0.25, 0.3) is 5.91 Å². The van der Waals surface area contributed by atoms with Crippen molar-refractivity contribution in [2.24, 2.45) is 0 Å². The zero-order valence-electron chi connectivity index (χ0n) is 5.91. The maximum atomic E-state index is 11.0. The second-order valence-corrected chi connectivity index (χ2v) is 2.30. The van der Waals surface area contributed by atoms with E-state index in [0.29, 0.717) is 13.2 Å². The summed E-state index contributed by atoms with van der Waals surface area (Å²) in [5.74, 6) is -0.131. The number of aliphatic hydroxyl groups is 1. The molecule has 0 aromatic carbocycles. The van der Waals surface area contributed by atoms with E-state index in [1.165, 1.54) is 0 Å². The molecule has 58 valence electrons. The highest BCUT2D eigenvalue weighted by atomic mass is 16.5. The Morgan fingerprint density at radius 1 is 1.90 bits per heavy atom. The Kier molecular flexibility index (Phi) is 2.24. The number of rotatable bonds is 1. The van der Waals surface area contributed by atoms with Crippen LogP contribution in [-0.2, 0) is 9.53 Å². The molecule has 4 nitrogen and oxygen atoms in total. The molecule has 0 unspecified atom stereocenters. The largest absolute Gasteiger partial charge is 0.393 e. The molecule has 0 aromatic rings. The maximum Gasteiger partial charge on any atom is 0.253 e. The molecule has 0 radical (unpaired) electrons. The van der Waals surface area contributed by atoms with E-state index in [1.807, 2.05) is 0 Å². The summed E-state index contributed by atoms with van der Waals surface area (Å²) in [6, 6.07) is 0. The summed E-state index contributed by atoms with van der Waals surface area (Å²) in [5, 5.41) is 8.61. The second-order valence-electron chi connectivity index (χ2n) is 2.30. The lowest BCUT2D eigenvalue weighted by Crippen LogP contribution is -2.47. The molecule has 1 fully saturated rings. The van der Waals surface area contributed by atoms with Crippen molar-refractivity contribution < 1.29 is 14.6 Å². The highest BCUT2D eigenvalue weighted by Crippen LogP contribution is 2.03. The van der Waals surface area contributed by atoms with E-state index in [1.54, 1.807) is 11.9 Å². The molecule has 1 rings (SSSR count). The van der Waals surface area contributed by atoms with E-state index in [-0.39, 0.29) is 12.5 Å². The number of hydrogen-bond donors (Lipinski definition) is 1. The molecule has 0 bridgehead atoms. The number of amides is 1. The van der Waals surface area contributed by atoms with E-state index in [2.05, 4.69) is 0 Å². The van der Waals surface area contributed by atoms with Gasteiger partial charge >= 0.3 is 0 Å². The van der Waals surface area contributed by atoms with Gasteiger partial charge in [0.05, 0.1) is 13.2 Å². The topological polar surface area (TPSA) is 49.8 Å². The van der Waals surface area contributed by atoms with Gasteiger partial charge < -0.3 is 14.7 Å². The summed E-state index contributed by atoms with van der Waals surface area (Å²) in [6.45, 7) is 0.923. The molecule has 1 heterocycles.